The second-order valence-electron chi connectivity index (χ2n) is 5.44. The number of ether oxygens (including phenoxy) is 2. The van der Waals surface area contributed by atoms with Crippen LogP contribution in [0.15, 0.2) is 54.7 Å². The lowest BCUT2D eigenvalue weighted by atomic mass is 10.1. The van der Waals surface area contributed by atoms with Gasteiger partial charge in [0.15, 0.2) is 0 Å². The fourth-order valence-electron chi connectivity index (χ4n) is 2.62. The van der Waals surface area contributed by atoms with Crippen LogP contribution in [-0.4, -0.2) is 18.1 Å². The highest BCUT2D eigenvalue weighted by Gasteiger charge is 2.14. The minimum absolute atomic E-state index is 0.227. The van der Waals surface area contributed by atoms with Gasteiger partial charge in [-0.05, 0) is 36.2 Å². The summed E-state index contributed by atoms with van der Waals surface area (Å²) in [5.74, 6) is 0.523. The molecular weight excluding hydrogens is 290 g/mol. The highest BCUT2D eigenvalue weighted by molar-refractivity contribution is 5.88. The van der Waals surface area contributed by atoms with Crippen molar-refractivity contribution in [2.24, 2.45) is 0 Å². The van der Waals surface area contributed by atoms with Gasteiger partial charge in [0.25, 0.3) is 0 Å². The Morgan fingerprint density at radius 2 is 1.96 bits per heavy atom. The lowest BCUT2D eigenvalue weighted by molar-refractivity contribution is -0.147. The molecule has 118 valence electrons. The van der Waals surface area contributed by atoms with Crippen molar-refractivity contribution in [2.75, 3.05) is 7.11 Å². The predicted molar refractivity (Wildman–Crippen MR) is 89.5 cm³/mol. The van der Waals surface area contributed by atoms with E-state index in [0.717, 1.165) is 27.8 Å². The predicted octanol–water partition coefficient (Wildman–Crippen LogP) is 4.02. The van der Waals surface area contributed by atoms with Crippen LogP contribution in [0.1, 0.15) is 24.2 Å². The van der Waals surface area contributed by atoms with E-state index in [-0.39, 0.29) is 18.5 Å². The molecule has 0 fully saturated rings. The quantitative estimate of drug-likeness (QED) is 0.724. The molecule has 3 aromatic rings. The Bertz CT molecular complexity index is 808. The van der Waals surface area contributed by atoms with Gasteiger partial charge in [-0.15, -0.1) is 0 Å². The van der Waals surface area contributed by atoms with Crippen molar-refractivity contribution in [3.05, 3.63) is 65.9 Å². The summed E-state index contributed by atoms with van der Waals surface area (Å²) < 4.78 is 10.8. The van der Waals surface area contributed by atoms with Crippen LogP contribution in [0.3, 0.4) is 0 Å². The third-order valence-electron chi connectivity index (χ3n) is 3.89. The van der Waals surface area contributed by atoms with E-state index >= 15 is 0 Å². The summed E-state index contributed by atoms with van der Waals surface area (Å²) in [6, 6.07) is 15.5. The Morgan fingerprint density at radius 1 is 1.17 bits per heavy atom. The van der Waals surface area contributed by atoms with E-state index in [0.29, 0.717) is 0 Å². The summed E-state index contributed by atoms with van der Waals surface area (Å²) in [4.78, 5) is 15.4. The Balaban J connectivity index is 1.73. The van der Waals surface area contributed by atoms with Crippen LogP contribution < -0.4 is 4.74 Å². The monoisotopic (exact) mass is 309 g/mol. The maximum Gasteiger partial charge on any atom is 0.310 e. The van der Waals surface area contributed by atoms with Crippen LogP contribution in [0.25, 0.3) is 10.9 Å². The van der Waals surface area contributed by atoms with E-state index < -0.39 is 0 Å². The lowest BCUT2D eigenvalue weighted by Gasteiger charge is -2.13. The van der Waals surface area contributed by atoms with E-state index in [1.54, 1.807) is 7.11 Å². The van der Waals surface area contributed by atoms with Gasteiger partial charge in [0.2, 0.25) is 0 Å². The van der Waals surface area contributed by atoms with E-state index in [1.165, 1.54) is 0 Å². The molecule has 0 aliphatic heterocycles. The molecule has 0 saturated heterocycles. The van der Waals surface area contributed by atoms with Crippen molar-refractivity contribution >= 4 is 16.9 Å². The zero-order chi connectivity index (χ0) is 16.2. The van der Waals surface area contributed by atoms with Crippen molar-refractivity contribution < 1.29 is 14.3 Å². The number of H-pyrrole nitrogens is 1. The minimum atomic E-state index is -0.261. The first-order valence-corrected chi connectivity index (χ1v) is 7.56. The van der Waals surface area contributed by atoms with Crippen LogP contribution in [-0.2, 0) is 16.0 Å². The average Bonchev–Trinajstić information content (AvgIpc) is 2.97. The second kappa shape index (κ2) is 6.57. The number of benzene rings is 2. The molecule has 0 aliphatic rings. The van der Waals surface area contributed by atoms with Gasteiger partial charge >= 0.3 is 5.97 Å². The lowest BCUT2D eigenvalue weighted by Crippen LogP contribution is -2.11. The van der Waals surface area contributed by atoms with Gasteiger partial charge in [-0.2, -0.15) is 0 Å². The molecule has 0 spiro atoms. The van der Waals surface area contributed by atoms with Crippen molar-refractivity contribution in [2.45, 2.75) is 19.4 Å². The molecule has 1 heterocycles. The summed E-state index contributed by atoms with van der Waals surface area (Å²) in [5.41, 5.74) is 2.87. The number of nitrogens with one attached hydrogen (secondary N) is 1. The summed E-state index contributed by atoms with van der Waals surface area (Å²) in [6.07, 6.45) is 1.81. The molecule has 23 heavy (non-hydrogen) atoms. The molecule has 1 N–H and O–H groups in total. The van der Waals surface area contributed by atoms with Crippen LogP contribution in [0, 0.1) is 0 Å². The first kappa shape index (κ1) is 15.2. The molecule has 3 rings (SSSR count). The normalized spacial score (nSPS) is 12.1. The summed E-state index contributed by atoms with van der Waals surface area (Å²) in [6.45, 7) is 1.88. The molecule has 1 aromatic heterocycles. The van der Waals surface area contributed by atoms with Crippen LogP contribution in [0.5, 0.6) is 5.75 Å². The van der Waals surface area contributed by atoms with Gasteiger partial charge in [-0.1, -0.05) is 30.3 Å². The van der Waals surface area contributed by atoms with Crippen molar-refractivity contribution in [1.82, 2.24) is 4.98 Å². The fourth-order valence-corrected chi connectivity index (χ4v) is 2.62. The number of fused-ring (bicyclic) bond motifs is 1. The number of aromatic nitrogens is 1. The Kier molecular flexibility index (Phi) is 4.33. The molecule has 2 aromatic carbocycles. The van der Waals surface area contributed by atoms with E-state index in [1.807, 2.05) is 61.7 Å². The SMILES string of the molecule is COc1ccc2[nH]cc(CC(=O)OC(C)c3ccccc3)c2c1. The molecule has 0 radical (unpaired) electrons. The number of carbonyl (C=O) groups excluding carboxylic acids is 1. The molecule has 4 nitrogen and oxygen atoms in total. The van der Waals surface area contributed by atoms with E-state index in [2.05, 4.69) is 4.98 Å². The number of esters is 1. The van der Waals surface area contributed by atoms with Gasteiger partial charge in [0.1, 0.15) is 11.9 Å². The molecule has 0 saturated carbocycles. The highest BCUT2D eigenvalue weighted by Crippen LogP contribution is 2.25. The maximum absolute atomic E-state index is 12.2. The molecule has 1 atom stereocenters. The number of aromatic amines is 1. The first-order chi connectivity index (χ1) is 11.2. The molecule has 4 heteroatoms. The first-order valence-electron chi connectivity index (χ1n) is 7.56. The molecule has 1 unspecified atom stereocenters. The van der Waals surface area contributed by atoms with Gasteiger partial charge in [0.05, 0.1) is 13.5 Å². The Labute approximate surface area is 135 Å². The molecule has 0 aliphatic carbocycles. The zero-order valence-corrected chi connectivity index (χ0v) is 13.2. The van der Waals surface area contributed by atoms with E-state index in [4.69, 9.17) is 9.47 Å². The topological polar surface area (TPSA) is 51.3 Å². The number of hydrogen-bond donors (Lipinski definition) is 1. The fraction of sp³-hybridized carbons (Fsp3) is 0.211. The average molecular weight is 309 g/mol. The Morgan fingerprint density at radius 3 is 2.70 bits per heavy atom. The second-order valence-corrected chi connectivity index (χ2v) is 5.44. The minimum Gasteiger partial charge on any atom is -0.497 e. The number of methoxy groups -OCH3 is 1. The van der Waals surface area contributed by atoms with Gasteiger partial charge in [0, 0.05) is 17.1 Å². The summed E-state index contributed by atoms with van der Waals surface area (Å²) >= 11 is 0. The van der Waals surface area contributed by atoms with Crippen LogP contribution >= 0.6 is 0 Å². The van der Waals surface area contributed by atoms with E-state index in [9.17, 15) is 4.79 Å². The Hall–Kier alpha value is -2.75. The van der Waals surface area contributed by atoms with Crippen LogP contribution in [0.2, 0.25) is 0 Å². The maximum atomic E-state index is 12.2. The third kappa shape index (κ3) is 3.37. The standard InChI is InChI=1S/C19H19NO3/c1-13(14-6-4-3-5-7-14)23-19(21)10-15-12-20-18-9-8-16(22-2)11-17(15)18/h3-9,11-13,20H,10H2,1-2H3. The number of carbonyl (C=O) groups is 1. The highest BCUT2D eigenvalue weighted by atomic mass is 16.5. The zero-order valence-electron chi connectivity index (χ0n) is 13.2. The van der Waals surface area contributed by atoms with Gasteiger partial charge in [-0.25, -0.2) is 0 Å². The third-order valence-corrected chi connectivity index (χ3v) is 3.89. The number of hydrogen-bond acceptors (Lipinski definition) is 3. The molecular formula is C19H19NO3. The number of rotatable bonds is 5. The van der Waals surface area contributed by atoms with Crippen molar-refractivity contribution in [3.8, 4) is 5.75 Å². The summed E-state index contributed by atoms with van der Waals surface area (Å²) in [5, 5.41) is 0.980. The van der Waals surface area contributed by atoms with Gasteiger partial charge in [-0.3, -0.25) is 4.79 Å². The van der Waals surface area contributed by atoms with Crippen molar-refractivity contribution in [1.29, 1.82) is 0 Å². The molecule has 0 amide bonds. The van der Waals surface area contributed by atoms with Crippen LogP contribution in [0.4, 0.5) is 0 Å². The largest absolute Gasteiger partial charge is 0.497 e. The smallest absolute Gasteiger partial charge is 0.310 e. The van der Waals surface area contributed by atoms with Crippen molar-refractivity contribution in [3.63, 3.8) is 0 Å². The summed E-state index contributed by atoms with van der Waals surface area (Å²) in [7, 11) is 1.63. The molecule has 0 bridgehead atoms. The van der Waals surface area contributed by atoms with Gasteiger partial charge < -0.3 is 14.5 Å².